The highest BCUT2D eigenvalue weighted by Crippen LogP contribution is 2.18. The van der Waals surface area contributed by atoms with E-state index in [4.69, 9.17) is 0 Å². The van der Waals surface area contributed by atoms with Gasteiger partial charge in [-0.2, -0.15) is 0 Å². The molecule has 0 bridgehead atoms. The number of rotatable bonds is 5. The molecule has 0 unspecified atom stereocenters. The average molecular weight is 318 g/mol. The summed E-state index contributed by atoms with van der Waals surface area (Å²) in [6.45, 7) is 0. The molecule has 0 spiro atoms. The van der Waals surface area contributed by atoms with E-state index < -0.39 is 0 Å². The van der Waals surface area contributed by atoms with E-state index in [0.29, 0.717) is 11.3 Å². The smallest absolute Gasteiger partial charge is 0.251 e. The SMILES string of the molecule is CNC(=O)c1cccc(NC(=O)CSc2ccc(F)cc2)c1. The Morgan fingerprint density at radius 3 is 2.55 bits per heavy atom. The van der Waals surface area contributed by atoms with Gasteiger partial charge >= 0.3 is 0 Å². The molecule has 2 amide bonds. The Balaban J connectivity index is 1.91. The fraction of sp³-hybridized carbons (Fsp3) is 0.125. The molecule has 4 nitrogen and oxygen atoms in total. The summed E-state index contributed by atoms with van der Waals surface area (Å²) in [7, 11) is 1.55. The first kappa shape index (κ1) is 16.0. The van der Waals surface area contributed by atoms with Gasteiger partial charge in [0.1, 0.15) is 5.82 Å². The summed E-state index contributed by atoms with van der Waals surface area (Å²) < 4.78 is 12.8. The van der Waals surface area contributed by atoms with Crippen LogP contribution >= 0.6 is 11.8 Å². The molecular weight excluding hydrogens is 303 g/mol. The molecule has 0 aliphatic carbocycles. The molecule has 2 aromatic carbocycles. The summed E-state index contributed by atoms with van der Waals surface area (Å²) in [5.74, 6) is -0.504. The Bertz CT molecular complexity index is 674. The number of carbonyl (C=O) groups excluding carboxylic acids is 2. The second-order valence-electron chi connectivity index (χ2n) is 4.45. The van der Waals surface area contributed by atoms with Crippen LogP contribution in [0.15, 0.2) is 53.4 Å². The van der Waals surface area contributed by atoms with Crippen LogP contribution < -0.4 is 10.6 Å². The van der Waals surface area contributed by atoms with Crippen molar-refractivity contribution in [2.24, 2.45) is 0 Å². The number of benzene rings is 2. The quantitative estimate of drug-likeness (QED) is 0.834. The summed E-state index contributed by atoms with van der Waals surface area (Å²) in [6.07, 6.45) is 0. The molecular formula is C16H15FN2O2S. The molecule has 0 aliphatic rings. The predicted octanol–water partition coefficient (Wildman–Crippen LogP) is 2.92. The molecule has 0 aliphatic heterocycles. The molecule has 22 heavy (non-hydrogen) atoms. The number of thioether (sulfide) groups is 1. The molecule has 0 heterocycles. The monoisotopic (exact) mass is 318 g/mol. The average Bonchev–Trinajstić information content (AvgIpc) is 2.54. The lowest BCUT2D eigenvalue weighted by molar-refractivity contribution is -0.113. The van der Waals surface area contributed by atoms with E-state index in [9.17, 15) is 14.0 Å². The number of anilines is 1. The predicted molar refractivity (Wildman–Crippen MR) is 85.6 cm³/mol. The van der Waals surface area contributed by atoms with E-state index in [0.717, 1.165) is 4.90 Å². The third kappa shape index (κ3) is 4.60. The zero-order valence-electron chi connectivity index (χ0n) is 11.9. The molecule has 114 valence electrons. The summed E-state index contributed by atoms with van der Waals surface area (Å²) in [4.78, 5) is 24.2. The highest BCUT2D eigenvalue weighted by atomic mass is 32.2. The summed E-state index contributed by atoms with van der Waals surface area (Å²) in [5, 5.41) is 5.26. The van der Waals surface area contributed by atoms with Crippen molar-refractivity contribution in [1.29, 1.82) is 0 Å². The van der Waals surface area contributed by atoms with Crippen LogP contribution in [0, 0.1) is 5.82 Å². The van der Waals surface area contributed by atoms with E-state index in [1.807, 2.05) is 0 Å². The molecule has 0 fully saturated rings. The largest absolute Gasteiger partial charge is 0.355 e. The van der Waals surface area contributed by atoms with Gasteiger partial charge in [-0.3, -0.25) is 9.59 Å². The summed E-state index contributed by atoms with van der Waals surface area (Å²) in [5.41, 5.74) is 1.04. The van der Waals surface area contributed by atoms with Crippen LogP contribution in [0.5, 0.6) is 0 Å². The maximum Gasteiger partial charge on any atom is 0.251 e. The fourth-order valence-electron chi connectivity index (χ4n) is 1.76. The van der Waals surface area contributed by atoms with Crippen LogP contribution in [0.3, 0.4) is 0 Å². The molecule has 2 N–H and O–H groups in total. The van der Waals surface area contributed by atoms with Gasteiger partial charge in [0.2, 0.25) is 5.91 Å². The first-order chi connectivity index (χ1) is 10.6. The van der Waals surface area contributed by atoms with E-state index >= 15 is 0 Å². The minimum atomic E-state index is -0.306. The minimum absolute atomic E-state index is 0.191. The normalized spacial score (nSPS) is 10.1. The van der Waals surface area contributed by atoms with Gasteiger partial charge in [0.15, 0.2) is 0 Å². The Labute approximate surface area is 132 Å². The van der Waals surface area contributed by atoms with Crippen LogP contribution in [0.1, 0.15) is 10.4 Å². The Hall–Kier alpha value is -2.34. The van der Waals surface area contributed by atoms with E-state index in [1.165, 1.54) is 23.9 Å². The first-order valence-electron chi connectivity index (χ1n) is 6.59. The van der Waals surface area contributed by atoms with Crippen molar-refractivity contribution in [1.82, 2.24) is 5.32 Å². The van der Waals surface area contributed by atoms with Gasteiger partial charge in [0, 0.05) is 23.2 Å². The Kier molecular flexibility index (Phi) is 5.55. The van der Waals surface area contributed by atoms with Gasteiger partial charge < -0.3 is 10.6 Å². The van der Waals surface area contributed by atoms with Gasteiger partial charge in [-0.15, -0.1) is 11.8 Å². The second-order valence-corrected chi connectivity index (χ2v) is 5.50. The lowest BCUT2D eigenvalue weighted by atomic mass is 10.2. The molecule has 6 heteroatoms. The highest BCUT2D eigenvalue weighted by molar-refractivity contribution is 8.00. The number of halogens is 1. The number of carbonyl (C=O) groups is 2. The van der Waals surface area contributed by atoms with Crippen molar-refractivity contribution in [2.75, 3.05) is 18.1 Å². The molecule has 0 atom stereocenters. The van der Waals surface area contributed by atoms with Gasteiger partial charge in [0.25, 0.3) is 5.91 Å². The van der Waals surface area contributed by atoms with Crippen LogP contribution in [0.25, 0.3) is 0 Å². The fourth-order valence-corrected chi connectivity index (χ4v) is 2.46. The molecule has 0 saturated carbocycles. The van der Waals surface area contributed by atoms with E-state index in [2.05, 4.69) is 10.6 Å². The van der Waals surface area contributed by atoms with Crippen LogP contribution in [-0.2, 0) is 4.79 Å². The number of nitrogens with one attached hydrogen (secondary N) is 2. The Morgan fingerprint density at radius 2 is 1.86 bits per heavy atom. The van der Waals surface area contributed by atoms with Crippen molar-refractivity contribution >= 4 is 29.3 Å². The highest BCUT2D eigenvalue weighted by Gasteiger charge is 2.07. The zero-order valence-corrected chi connectivity index (χ0v) is 12.7. The van der Waals surface area contributed by atoms with Crippen molar-refractivity contribution in [3.63, 3.8) is 0 Å². The van der Waals surface area contributed by atoms with Gasteiger partial charge in [0.05, 0.1) is 5.75 Å². The molecule has 2 rings (SSSR count). The molecule has 0 radical (unpaired) electrons. The van der Waals surface area contributed by atoms with E-state index in [1.54, 1.807) is 43.4 Å². The second kappa shape index (κ2) is 7.61. The lowest BCUT2D eigenvalue weighted by Gasteiger charge is -2.07. The maximum absolute atomic E-state index is 12.8. The van der Waals surface area contributed by atoms with Crippen molar-refractivity contribution in [3.8, 4) is 0 Å². The van der Waals surface area contributed by atoms with Crippen LogP contribution in [0.2, 0.25) is 0 Å². The van der Waals surface area contributed by atoms with Gasteiger partial charge in [-0.25, -0.2) is 4.39 Å². The molecule has 2 aromatic rings. The minimum Gasteiger partial charge on any atom is -0.355 e. The van der Waals surface area contributed by atoms with E-state index in [-0.39, 0.29) is 23.4 Å². The maximum atomic E-state index is 12.8. The van der Waals surface area contributed by atoms with Crippen molar-refractivity contribution in [2.45, 2.75) is 4.90 Å². The van der Waals surface area contributed by atoms with Crippen LogP contribution in [0.4, 0.5) is 10.1 Å². The van der Waals surface area contributed by atoms with Crippen molar-refractivity contribution < 1.29 is 14.0 Å². The molecule has 0 saturated heterocycles. The lowest BCUT2D eigenvalue weighted by Crippen LogP contribution is -2.18. The third-order valence-electron chi connectivity index (χ3n) is 2.82. The number of hydrogen-bond donors (Lipinski definition) is 2. The third-order valence-corrected chi connectivity index (χ3v) is 3.83. The Morgan fingerprint density at radius 1 is 1.14 bits per heavy atom. The molecule has 0 aromatic heterocycles. The van der Waals surface area contributed by atoms with Gasteiger partial charge in [-0.05, 0) is 42.5 Å². The topological polar surface area (TPSA) is 58.2 Å². The standard InChI is InChI=1S/C16H15FN2O2S/c1-18-16(21)11-3-2-4-13(9-11)19-15(20)10-22-14-7-5-12(17)6-8-14/h2-9H,10H2,1H3,(H,18,21)(H,19,20). The zero-order chi connectivity index (χ0) is 15.9. The summed E-state index contributed by atoms with van der Waals surface area (Å²) >= 11 is 1.31. The van der Waals surface area contributed by atoms with Gasteiger partial charge in [-0.1, -0.05) is 6.07 Å². The number of amides is 2. The number of hydrogen-bond acceptors (Lipinski definition) is 3. The summed E-state index contributed by atoms with van der Waals surface area (Å²) in [6, 6.07) is 12.7. The first-order valence-corrected chi connectivity index (χ1v) is 7.57. The van der Waals surface area contributed by atoms with Crippen molar-refractivity contribution in [3.05, 3.63) is 59.9 Å². The van der Waals surface area contributed by atoms with Crippen LogP contribution in [-0.4, -0.2) is 24.6 Å².